The topological polar surface area (TPSA) is 91.8 Å². The number of nitrogens with zero attached hydrogens (tertiary/aromatic N) is 2. The first kappa shape index (κ1) is 23.4. The second-order valence-electron chi connectivity index (χ2n) is 7.20. The molecule has 0 unspecified atom stereocenters. The molecule has 0 aliphatic carbocycles. The number of likely N-dealkylation sites (N-methyl/N-ethyl adjacent to an activating group) is 1. The number of aliphatic hydroxyl groups excluding tert-OH is 1. The normalized spacial score (nSPS) is 10.8. The molecule has 0 aliphatic rings. The first-order valence-corrected chi connectivity index (χ1v) is 10.4. The lowest BCUT2D eigenvalue weighted by atomic mass is 10.1. The first-order chi connectivity index (χ1) is 15.4. The number of ether oxygens (including phenoxy) is 1. The van der Waals surface area contributed by atoms with Gasteiger partial charge in [-0.2, -0.15) is 0 Å². The molecule has 1 heterocycles. The lowest BCUT2D eigenvalue weighted by Gasteiger charge is -2.17. The van der Waals surface area contributed by atoms with Gasteiger partial charge in [0, 0.05) is 25.1 Å². The van der Waals surface area contributed by atoms with E-state index in [1.54, 1.807) is 37.5 Å². The van der Waals surface area contributed by atoms with Crippen LogP contribution in [0.1, 0.15) is 17.5 Å². The summed E-state index contributed by atoms with van der Waals surface area (Å²) in [4.78, 5) is 29.9. The van der Waals surface area contributed by atoms with Crippen molar-refractivity contribution in [3.8, 4) is 0 Å². The average molecular weight is 460 g/mol. The molecule has 2 N–H and O–H groups in total. The Balaban J connectivity index is 1.44. The van der Waals surface area contributed by atoms with E-state index < -0.39 is 11.9 Å². The van der Waals surface area contributed by atoms with Gasteiger partial charge in [0.1, 0.15) is 18.2 Å². The van der Waals surface area contributed by atoms with E-state index in [1.807, 2.05) is 12.1 Å². The highest BCUT2D eigenvalue weighted by Gasteiger charge is 2.13. The summed E-state index contributed by atoms with van der Waals surface area (Å²) in [5.74, 6) is -0.377. The van der Waals surface area contributed by atoms with Crippen LogP contribution in [0.15, 0.2) is 48.7 Å². The molecule has 0 atom stereocenters. The van der Waals surface area contributed by atoms with Crippen LogP contribution < -0.4 is 5.32 Å². The van der Waals surface area contributed by atoms with Crippen molar-refractivity contribution in [1.29, 1.82) is 0 Å². The summed E-state index contributed by atoms with van der Waals surface area (Å²) < 4.78 is 18.6. The number of amides is 2. The van der Waals surface area contributed by atoms with E-state index in [1.165, 1.54) is 11.0 Å². The molecule has 0 aliphatic heterocycles. The van der Waals surface area contributed by atoms with Gasteiger partial charge in [-0.15, -0.1) is 0 Å². The maximum Gasteiger partial charge on any atom is 0.412 e. The molecule has 0 fully saturated rings. The lowest BCUT2D eigenvalue weighted by molar-refractivity contribution is -0.130. The molecule has 32 heavy (non-hydrogen) atoms. The van der Waals surface area contributed by atoms with Crippen LogP contribution in [0.4, 0.5) is 15.0 Å². The molecular weight excluding hydrogens is 437 g/mol. The number of halogens is 2. The van der Waals surface area contributed by atoms with Gasteiger partial charge < -0.3 is 14.7 Å². The van der Waals surface area contributed by atoms with Crippen molar-refractivity contribution in [1.82, 2.24) is 9.88 Å². The van der Waals surface area contributed by atoms with Gasteiger partial charge in [0.25, 0.3) is 0 Å². The molecule has 1 aromatic heterocycles. The van der Waals surface area contributed by atoms with Gasteiger partial charge in [0.05, 0.1) is 18.2 Å². The minimum atomic E-state index is -0.692. The minimum absolute atomic E-state index is 0.00294. The predicted molar refractivity (Wildman–Crippen MR) is 120 cm³/mol. The third-order valence-electron chi connectivity index (χ3n) is 4.92. The van der Waals surface area contributed by atoms with E-state index in [0.717, 1.165) is 16.3 Å². The lowest BCUT2D eigenvalue weighted by Crippen LogP contribution is -2.31. The number of anilines is 1. The number of pyridine rings is 1. The van der Waals surface area contributed by atoms with Crippen LogP contribution in [0.3, 0.4) is 0 Å². The maximum absolute atomic E-state index is 13.5. The molecule has 0 radical (unpaired) electrons. The molecule has 0 saturated heterocycles. The third kappa shape index (κ3) is 6.15. The zero-order chi connectivity index (χ0) is 23.1. The molecule has 2 aromatic carbocycles. The molecule has 0 bridgehead atoms. The third-order valence-corrected chi connectivity index (χ3v) is 5.35. The number of aryl methyl sites for hydroxylation is 1. The SMILES string of the molecule is CN(CCOC(=O)Nc1cc2cc(CO)ccc2cn1)C(=O)CCc1cccc(F)c1Cl. The molecule has 3 rings (SSSR count). The Kier molecular flexibility index (Phi) is 7.97. The summed E-state index contributed by atoms with van der Waals surface area (Å²) in [6, 6.07) is 11.6. The quantitative estimate of drug-likeness (QED) is 0.527. The van der Waals surface area contributed by atoms with E-state index in [4.69, 9.17) is 16.3 Å². The fourth-order valence-corrected chi connectivity index (χ4v) is 3.29. The second-order valence-corrected chi connectivity index (χ2v) is 7.58. The smallest absolute Gasteiger partial charge is 0.412 e. The standard InChI is InChI=1S/C23H23ClFN3O4/c1-28(21(30)8-7-16-3-2-4-19(25)22(16)24)9-10-32-23(31)27-20-12-18-11-15(14-29)5-6-17(18)13-26-20/h2-6,11-13,29H,7-10,14H2,1H3,(H,26,27,31). The summed E-state index contributed by atoms with van der Waals surface area (Å²) in [6.45, 7) is 0.121. The number of hydrogen-bond acceptors (Lipinski definition) is 5. The van der Waals surface area contributed by atoms with Gasteiger partial charge in [-0.1, -0.05) is 35.9 Å². The van der Waals surface area contributed by atoms with E-state index >= 15 is 0 Å². The van der Waals surface area contributed by atoms with Gasteiger partial charge in [-0.25, -0.2) is 14.2 Å². The number of benzene rings is 2. The molecule has 2 amide bonds. The number of hydrogen-bond donors (Lipinski definition) is 2. The molecule has 0 spiro atoms. The number of rotatable bonds is 8. The summed E-state index contributed by atoms with van der Waals surface area (Å²) in [6.07, 6.45) is 1.39. The summed E-state index contributed by atoms with van der Waals surface area (Å²) in [5.41, 5.74) is 1.32. The van der Waals surface area contributed by atoms with Crippen LogP contribution in [-0.4, -0.2) is 47.2 Å². The molecule has 0 saturated carbocycles. The largest absolute Gasteiger partial charge is 0.447 e. The highest BCUT2D eigenvalue weighted by Crippen LogP contribution is 2.21. The Bertz CT molecular complexity index is 1130. The molecule has 3 aromatic rings. The summed E-state index contributed by atoms with van der Waals surface area (Å²) >= 11 is 5.91. The number of carbonyl (C=O) groups is 2. The van der Waals surface area contributed by atoms with Crippen molar-refractivity contribution in [2.24, 2.45) is 0 Å². The zero-order valence-corrected chi connectivity index (χ0v) is 18.2. The molecule has 7 nitrogen and oxygen atoms in total. The number of carbonyl (C=O) groups excluding carboxylic acids is 2. The number of fused-ring (bicyclic) bond motifs is 1. The average Bonchev–Trinajstić information content (AvgIpc) is 2.79. The maximum atomic E-state index is 13.5. The van der Waals surface area contributed by atoms with E-state index in [0.29, 0.717) is 17.8 Å². The van der Waals surface area contributed by atoms with Gasteiger partial charge in [-0.3, -0.25) is 10.1 Å². The summed E-state index contributed by atoms with van der Waals surface area (Å²) in [7, 11) is 1.60. The van der Waals surface area contributed by atoms with Crippen molar-refractivity contribution in [2.45, 2.75) is 19.4 Å². The number of aliphatic hydroxyl groups is 1. The van der Waals surface area contributed by atoms with Crippen LogP contribution >= 0.6 is 11.6 Å². The molecular formula is C23H23ClFN3O4. The van der Waals surface area contributed by atoms with E-state index in [2.05, 4.69) is 10.3 Å². The highest BCUT2D eigenvalue weighted by molar-refractivity contribution is 6.31. The Morgan fingerprint density at radius 2 is 2.03 bits per heavy atom. The van der Waals surface area contributed by atoms with Gasteiger partial charge in [0.15, 0.2) is 0 Å². The fraction of sp³-hybridized carbons (Fsp3) is 0.261. The van der Waals surface area contributed by atoms with E-state index in [-0.39, 0.29) is 37.1 Å². The number of aromatic nitrogens is 1. The number of nitrogens with one attached hydrogen (secondary N) is 1. The van der Waals surface area contributed by atoms with Crippen LogP contribution in [0.2, 0.25) is 5.02 Å². The van der Waals surface area contributed by atoms with Crippen molar-refractivity contribution < 1.29 is 23.8 Å². The minimum Gasteiger partial charge on any atom is -0.447 e. The van der Waals surface area contributed by atoms with Gasteiger partial charge in [-0.05, 0) is 41.1 Å². The zero-order valence-electron chi connectivity index (χ0n) is 17.5. The molecule has 168 valence electrons. The fourth-order valence-electron chi connectivity index (χ4n) is 3.07. The summed E-state index contributed by atoms with van der Waals surface area (Å²) in [5, 5.41) is 13.5. The Labute approximate surface area is 189 Å². The van der Waals surface area contributed by atoms with Gasteiger partial charge in [0.2, 0.25) is 5.91 Å². The first-order valence-electron chi connectivity index (χ1n) is 9.97. The van der Waals surface area contributed by atoms with Crippen LogP contribution in [0, 0.1) is 5.82 Å². The van der Waals surface area contributed by atoms with Crippen molar-refractivity contribution in [3.05, 3.63) is 70.6 Å². The van der Waals surface area contributed by atoms with Crippen molar-refractivity contribution in [3.63, 3.8) is 0 Å². The van der Waals surface area contributed by atoms with Gasteiger partial charge >= 0.3 is 6.09 Å². The highest BCUT2D eigenvalue weighted by atomic mass is 35.5. The second kappa shape index (κ2) is 10.9. The van der Waals surface area contributed by atoms with Crippen molar-refractivity contribution >= 4 is 40.2 Å². The van der Waals surface area contributed by atoms with E-state index in [9.17, 15) is 19.1 Å². The Morgan fingerprint density at radius 3 is 2.81 bits per heavy atom. The monoisotopic (exact) mass is 459 g/mol. The van der Waals surface area contributed by atoms with Crippen LogP contribution in [-0.2, 0) is 22.6 Å². The van der Waals surface area contributed by atoms with Crippen LogP contribution in [0.25, 0.3) is 10.8 Å². The Morgan fingerprint density at radius 1 is 1.22 bits per heavy atom. The predicted octanol–water partition coefficient (Wildman–Crippen LogP) is 4.16. The van der Waals surface area contributed by atoms with Crippen molar-refractivity contribution in [2.75, 3.05) is 25.5 Å². The Hall–Kier alpha value is -3.23. The molecule has 9 heteroatoms. The van der Waals surface area contributed by atoms with Crippen LogP contribution in [0.5, 0.6) is 0 Å².